The zero-order valence-corrected chi connectivity index (χ0v) is 21.3. The maximum atomic E-state index is 14.0. The zero-order chi connectivity index (χ0) is 26.0. The number of nitrogens with two attached hydrogens (primary N) is 1. The van der Waals surface area contributed by atoms with Gasteiger partial charge >= 0.3 is 5.97 Å². The van der Waals surface area contributed by atoms with Crippen LogP contribution in [-0.4, -0.2) is 24.3 Å². The van der Waals surface area contributed by atoms with Gasteiger partial charge in [-0.1, -0.05) is 44.2 Å². The maximum Gasteiger partial charge on any atom is 0.339 e. The molecule has 2 aliphatic heterocycles. The SMILES string of the molecule is CCOC(=O)C1=C(N)N(c2cc(C)ccc2C)C2=C(C(=O)CC(C)(C)C2)C12C(=O)Nc1ccccc12. The molecule has 0 saturated carbocycles. The van der Waals surface area contributed by atoms with Crippen LogP contribution in [-0.2, 0) is 24.5 Å². The van der Waals surface area contributed by atoms with Crippen molar-refractivity contribution < 1.29 is 19.1 Å². The van der Waals surface area contributed by atoms with E-state index in [-0.39, 0.29) is 35.6 Å². The first-order valence-corrected chi connectivity index (χ1v) is 12.3. The maximum absolute atomic E-state index is 14.0. The summed E-state index contributed by atoms with van der Waals surface area (Å²) in [5.41, 5.74) is 9.63. The molecule has 1 aliphatic carbocycles. The van der Waals surface area contributed by atoms with Crippen molar-refractivity contribution in [1.29, 1.82) is 0 Å². The number of fused-ring (bicyclic) bond motifs is 3. The van der Waals surface area contributed by atoms with E-state index in [1.54, 1.807) is 25.1 Å². The second-order valence-electron chi connectivity index (χ2n) is 10.6. The van der Waals surface area contributed by atoms with E-state index in [1.807, 2.05) is 56.9 Å². The Morgan fingerprint density at radius 3 is 2.56 bits per heavy atom. The third-order valence-electron chi connectivity index (χ3n) is 7.37. The molecule has 186 valence electrons. The van der Waals surface area contributed by atoms with Crippen molar-refractivity contribution in [1.82, 2.24) is 0 Å². The van der Waals surface area contributed by atoms with Gasteiger partial charge in [0.1, 0.15) is 16.8 Å². The Kier molecular flexibility index (Phi) is 5.36. The minimum absolute atomic E-state index is 0.0143. The molecule has 0 fully saturated rings. The van der Waals surface area contributed by atoms with Gasteiger partial charge in [-0.15, -0.1) is 0 Å². The van der Waals surface area contributed by atoms with E-state index in [0.29, 0.717) is 28.9 Å². The number of nitrogens with zero attached hydrogens (tertiary/aromatic N) is 1. The van der Waals surface area contributed by atoms with Gasteiger partial charge in [0.05, 0.1) is 12.3 Å². The molecule has 1 atom stereocenters. The van der Waals surface area contributed by atoms with Crippen LogP contribution in [0.3, 0.4) is 0 Å². The molecular weight excluding hydrogens is 454 g/mol. The van der Waals surface area contributed by atoms with E-state index < -0.39 is 17.3 Å². The normalized spacial score (nSPS) is 22.5. The number of rotatable bonds is 3. The Balaban J connectivity index is 1.94. The minimum atomic E-state index is -1.68. The quantitative estimate of drug-likeness (QED) is 0.626. The van der Waals surface area contributed by atoms with Crippen LogP contribution >= 0.6 is 0 Å². The van der Waals surface area contributed by atoms with Crippen LogP contribution in [0.5, 0.6) is 0 Å². The third kappa shape index (κ3) is 3.22. The predicted octanol–water partition coefficient (Wildman–Crippen LogP) is 4.39. The Morgan fingerprint density at radius 1 is 1.11 bits per heavy atom. The molecule has 3 aliphatic rings. The number of anilines is 2. The second-order valence-corrected chi connectivity index (χ2v) is 10.6. The van der Waals surface area contributed by atoms with Crippen LogP contribution in [0.1, 0.15) is 50.3 Å². The summed E-state index contributed by atoms with van der Waals surface area (Å²) in [5.74, 6) is -1.23. The molecule has 2 aromatic rings. The van der Waals surface area contributed by atoms with Crippen LogP contribution in [0.15, 0.2) is 65.1 Å². The van der Waals surface area contributed by atoms with Gasteiger partial charge in [0.15, 0.2) is 5.78 Å². The molecule has 0 saturated heterocycles. The summed E-state index contributed by atoms with van der Waals surface area (Å²) >= 11 is 0. The van der Waals surface area contributed by atoms with Crippen LogP contribution < -0.4 is 16.0 Å². The lowest BCUT2D eigenvalue weighted by Gasteiger charge is -2.47. The lowest BCUT2D eigenvalue weighted by molar-refractivity contribution is -0.140. The molecule has 36 heavy (non-hydrogen) atoms. The molecule has 5 rings (SSSR count). The number of allylic oxidation sites excluding steroid dienone is 1. The molecule has 7 heteroatoms. The number of hydrogen-bond acceptors (Lipinski definition) is 6. The summed E-state index contributed by atoms with van der Waals surface area (Å²) in [6.45, 7) is 9.81. The Hall–Kier alpha value is -3.87. The highest BCUT2D eigenvalue weighted by Crippen LogP contribution is 2.57. The molecule has 2 aromatic carbocycles. The van der Waals surface area contributed by atoms with Gasteiger partial charge in [0, 0.05) is 28.9 Å². The van der Waals surface area contributed by atoms with E-state index in [1.165, 1.54) is 0 Å². The van der Waals surface area contributed by atoms with Gasteiger partial charge in [-0.25, -0.2) is 4.79 Å². The Bertz CT molecular complexity index is 1400. The van der Waals surface area contributed by atoms with Crippen molar-refractivity contribution in [3.63, 3.8) is 0 Å². The minimum Gasteiger partial charge on any atom is -0.462 e. The van der Waals surface area contributed by atoms with Gasteiger partial charge < -0.3 is 15.8 Å². The molecule has 1 unspecified atom stereocenters. The number of hydrogen-bond donors (Lipinski definition) is 2. The average molecular weight is 486 g/mol. The van der Waals surface area contributed by atoms with Gasteiger partial charge in [-0.05, 0) is 55.9 Å². The molecule has 0 aromatic heterocycles. The zero-order valence-electron chi connectivity index (χ0n) is 21.3. The first kappa shape index (κ1) is 23.9. The molecule has 2 heterocycles. The van der Waals surface area contributed by atoms with E-state index in [9.17, 15) is 14.4 Å². The van der Waals surface area contributed by atoms with Crippen LogP contribution in [0.25, 0.3) is 0 Å². The summed E-state index contributed by atoms with van der Waals surface area (Å²) in [5, 5.41) is 2.91. The smallest absolute Gasteiger partial charge is 0.339 e. The number of carbonyl (C=O) groups is 3. The Labute approximate surface area is 211 Å². The summed E-state index contributed by atoms with van der Waals surface area (Å²) in [7, 11) is 0. The predicted molar refractivity (Wildman–Crippen MR) is 138 cm³/mol. The highest BCUT2D eigenvalue weighted by atomic mass is 16.5. The molecule has 1 amide bonds. The second kappa shape index (κ2) is 8.08. The van der Waals surface area contributed by atoms with Crippen molar-refractivity contribution in [2.24, 2.45) is 11.1 Å². The lowest BCUT2D eigenvalue weighted by Crippen LogP contribution is -2.54. The number of benzene rings is 2. The monoisotopic (exact) mass is 485 g/mol. The van der Waals surface area contributed by atoms with Crippen molar-refractivity contribution in [3.8, 4) is 0 Å². The summed E-state index contributed by atoms with van der Waals surface area (Å²) in [4.78, 5) is 43.5. The Morgan fingerprint density at radius 2 is 1.83 bits per heavy atom. The number of carbonyl (C=O) groups excluding carboxylic acids is 3. The summed E-state index contributed by atoms with van der Waals surface area (Å²) in [6.07, 6.45) is 0.759. The molecule has 7 nitrogen and oxygen atoms in total. The van der Waals surface area contributed by atoms with Gasteiger partial charge in [-0.2, -0.15) is 0 Å². The lowest BCUT2D eigenvalue weighted by atomic mass is 9.60. The largest absolute Gasteiger partial charge is 0.462 e. The number of aryl methyl sites for hydroxylation is 2. The molecule has 3 N–H and O–H groups in total. The number of ether oxygens (including phenoxy) is 1. The van der Waals surface area contributed by atoms with E-state index in [2.05, 4.69) is 5.32 Å². The first-order valence-electron chi connectivity index (χ1n) is 12.3. The van der Waals surface area contributed by atoms with Gasteiger partial charge in [0.25, 0.3) is 0 Å². The first-order chi connectivity index (χ1) is 17.0. The molecule has 0 radical (unpaired) electrons. The third-order valence-corrected chi connectivity index (χ3v) is 7.37. The molecular formula is C29H31N3O4. The summed E-state index contributed by atoms with van der Waals surface area (Å²) in [6, 6.07) is 13.1. The highest BCUT2D eigenvalue weighted by Gasteiger charge is 2.63. The highest BCUT2D eigenvalue weighted by molar-refractivity contribution is 6.23. The number of esters is 1. The number of Topliss-reactive ketones (excluding diaryl/α,β-unsaturated/α-hetero) is 1. The fourth-order valence-electron chi connectivity index (χ4n) is 5.93. The van der Waals surface area contributed by atoms with Crippen molar-refractivity contribution in [2.45, 2.75) is 52.9 Å². The van der Waals surface area contributed by atoms with Gasteiger partial charge in [0.2, 0.25) is 5.91 Å². The standard InChI is InChI=1S/C29H31N3O4/c1-6-36-26(34)24-25(30)32(20-13-16(2)11-12-17(20)3)21-14-28(4,5)15-22(33)23(21)29(24)18-9-7-8-10-19(18)31-27(29)35/h7-13H,6,14-15,30H2,1-5H3,(H,31,35). The average Bonchev–Trinajstić information content (AvgIpc) is 3.07. The number of amides is 1. The van der Waals surface area contributed by atoms with Crippen LogP contribution in [0, 0.1) is 19.3 Å². The van der Waals surface area contributed by atoms with E-state index >= 15 is 0 Å². The number of nitrogens with one attached hydrogen (secondary N) is 1. The van der Waals surface area contributed by atoms with E-state index in [4.69, 9.17) is 10.5 Å². The van der Waals surface area contributed by atoms with Crippen molar-refractivity contribution >= 4 is 29.0 Å². The van der Waals surface area contributed by atoms with E-state index in [0.717, 1.165) is 16.8 Å². The molecule has 0 bridgehead atoms. The van der Waals surface area contributed by atoms with Crippen LogP contribution in [0.4, 0.5) is 11.4 Å². The van der Waals surface area contributed by atoms with Crippen LogP contribution in [0.2, 0.25) is 0 Å². The number of para-hydroxylation sites is 1. The molecule has 1 spiro atoms. The summed E-state index contributed by atoms with van der Waals surface area (Å²) < 4.78 is 5.48. The topological polar surface area (TPSA) is 102 Å². The number of ketones is 1. The van der Waals surface area contributed by atoms with Crippen molar-refractivity contribution in [3.05, 3.63) is 81.8 Å². The van der Waals surface area contributed by atoms with Crippen molar-refractivity contribution in [2.75, 3.05) is 16.8 Å². The fraction of sp³-hybridized carbons (Fsp3) is 0.345. The van der Waals surface area contributed by atoms with Gasteiger partial charge in [-0.3, -0.25) is 14.5 Å². The fourth-order valence-corrected chi connectivity index (χ4v) is 5.93.